The number of carbonyl (C=O) groups excluding carboxylic acids is 7. The lowest BCUT2D eigenvalue weighted by Crippen LogP contribution is -2.61. The van der Waals surface area contributed by atoms with Crippen LogP contribution in [0.4, 0.5) is 0 Å². The van der Waals surface area contributed by atoms with Gasteiger partial charge in [0.1, 0.15) is 42.3 Å². The molecule has 0 heterocycles. The van der Waals surface area contributed by atoms with Gasteiger partial charge in [0.25, 0.3) is 0 Å². The number of aliphatic carboxylic acids is 3. The minimum atomic E-state index is -1.61. The van der Waals surface area contributed by atoms with E-state index in [0.717, 1.165) is 0 Å². The number of aliphatic hydroxyl groups is 1. The monoisotopic (exact) mass is 935 g/mol. The SMILES string of the molecule is CC(C)[C@H](NC(=O)[C@H](CCC(=O)O)NC(=O)[C@@H](NC(=O)[C@H](Cc1ccccc1)NC(=O)[C@H](CCC(=O)O)NC(=O)[C@H](C)N)C(C)C)C(=O)N[C@@H](C[C@@H](C)O)C(=O)N[C@@H](CCCCN)C(=O)O. The average Bonchev–Trinajstić information content (AvgIpc) is 3.23. The molecule has 0 fully saturated rings. The summed E-state index contributed by atoms with van der Waals surface area (Å²) in [4.78, 5) is 130. The summed E-state index contributed by atoms with van der Waals surface area (Å²) < 4.78 is 0. The van der Waals surface area contributed by atoms with E-state index < -0.39 is 145 Å². The first-order chi connectivity index (χ1) is 30.9. The van der Waals surface area contributed by atoms with Crippen molar-refractivity contribution in [2.45, 2.75) is 154 Å². The normalized spacial score (nSPS) is 15.3. The summed E-state index contributed by atoms with van der Waals surface area (Å²) in [5, 5.41) is 55.8. The van der Waals surface area contributed by atoms with Crippen LogP contribution in [0.3, 0.4) is 0 Å². The number of hydrogen-bond donors (Lipinski definition) is 13. The molecule has 0 saturated heterocycles. The molecular formula is C43H69N9O14. The van der Waals surface area contributed by atoms with Crippen LogP contribution in [0.15, 0.2) is 30.3 Å². The summed E-state index contributed by atoms with van der Waals surface area (Å²) >= 11 is 0. The second-order valence-corrected chi connectivity index (χ2v) is 16.8. The summed E-state index contributed by atoms with van der Waals surface area (Å²) in [6.07, 6.45) is -2.67. The smallest absolute Gasteiger partial charge is 0.326 e. The molecule has 0 spiro atoms. The van der Waals surface area contributed by atoms with Gasteiger partial charge in [0.05, 0.1) is 12.1 Å². The molecule has 1 aromatic carbocycles. The Morgan fingerprint density at radius 3 is 1.35 bits per heavy atom. The van der Waals surface area contributed by atoms with Crippen LogP contribution in [0.25, 0.3) is 0 Å². The van der Waals surface area contributed by atoms with Crippen LogP contribution in [0, 0.1) is 11.8 Å². The lowest BCUT2D eigenvalue weighted by Gasteiger charge is -2.30. The number of nitrogens with one attached hydrogen (secondary N) is 7. The second-order valence-electron chi connectivity index (χ2n) is 16.8. The molecule has 1 rings (SSSR count). The predicted octanol–water partition coefficient (Wildman–Crippen LogP) is -2.00. The van der Waals surface area contributed by atoms with E-state index in [1.165, 1.54) is 13.8 Å². The molecule has 1 aromatic rings. The summed E-state index contributed by atoms with van der Waals surface area (Å²) in [5.74, 6) is -11.6. The fourth-order valence-electron chi connectivity index (χ4n) is 6.40. The lowest BCUT2D eigenvalue weighted by molar-refractivity contribution is -0.143. The minimum Gasteiger partial charge on any atom is -0.481 e. The van der Waals surface area contributed by atoms with Crippen molar-refractivity contribution in [2.24, 2.45) is 23.3 Å². The maximum Gasteiger partial charge on any atom is 0.326 e. The van der Waals surface area contributed by atoms with Crippen molar-refractivity contribution in [3.8, 4) is 0 Å². The van der Waals surface area contributed by atoms with Gasteiger partial charge in [-0.3, -0.25) is 43.2 Å². The molecule has 23 heteroatoms. The molecule has 0 unspecified atom stereocenters. The number of aliphatic hydroxyl groups excluding tert-OH is 1. The number of unbranched alkanes of at least 4 members (excludes halogenated alkanes) is 1. The standard InChI is InChI=1S/C43H69N9O14/c1-22(2)34(52-40(62)31(21-26-12-8-7-9-13-26)49-37(59)27(15-17-32(54)55)46-36(58)25(6)45)41(63)47-28(16-18-33(56)57)38(60)51-35(23(3)4)42(64)50-30(20-24(5)53)39(61)48-29(43(65)66)14-10-11-19-44/h7-9,12-13,22-25,27-31,34-35,53H,10-11,14-21,44-45H2,1-6H3,(H,46,58)(H,47,63)(H,48,61)(H,49,59)(H,50,64)(H,51,60)(H,52,62)(H,54,55)(H,56,57)(H,65,66)/t24-,25+,27+,28+,29+,30+,31+,34+,35+/m1/s1. The largest absolute Gasteiger partial charge is 0.481 e. The molecule has 0 radical (unpaired) electrons. The highest BCUT2D eigenvalue weighted by Crippen LogP contribution is 2.12. The van der Waals surface area contributed by atoms with Gasteiger partial charge in [0.15, 0.2) is 0 Å². The van der Waals surface area contributed by atoms with Crippen LogP contribution >= 0.6 is 0 Å². The molecule has 15 N–H and O–H groups in total. The third-order valence-corrected chi connectivity index (χ3v) is 10.2. The van der Waals surface area contributed by atoms with Gasteiger partial charge < -0.3 is 69.1 Å². The molecule has 66 heavy (non-hydrogen) atoms. The first-order valence-electron chi connectivity index (χ1n) is 21.8. The number of carbonyl (C=O) groups is 10. The maximum absolute atomic E-state index is 14.0. The predicted molar refractivity (Wildman–Crippen MR) is 238 cm³/mol. The zero-order chi connectivity index (χ0) is 50.3. The topological polar surface area (TPSA) is 388 Å². The third kappa shape index (κ3) is 21.7. The number of carboxylic acids is 3. The molecule has 0 aliphatic rings. The van der Waals surface area contributed by atoms with Gasteiger partial charge in [-0.2, -0.15) is 0 Å². The van der Waals surface area contributed by atoms with Crippen LogP contribution in [0.1, 0.15) is 98.5 Å². The van der Waals surface area contributed by atoms with Crippen LogP contribution in [0.2, 0.25) is 0 Å². The first-order valence-corrected chi connectivity index (χ1v) is 21.8. The molecule has 0 aliphatic heterocycles. The van der Waals surface area contributed by atoms with Crippen molar-refractivity contribution in [1.29, 1.82) is 0 Å². The highest BCUT2D eigenvalue weighted by atomic mass is 16.4. The van der Waals surface area contributed by atoms with E-state index in [2.05, 4.69) is 37.2 Å². The van der Waals surface area contributed by atoms with Gasteiger partial charge in [-0.1, -0.05) is 58.0 Å². The molecule has 7 amide bonds. The van der Waals surface area contributed by atoms with Crippen LogP contribution in [-0.4, -0.2) is 141 Å². The molecule has 0 saturated carbocycles. The van der Waals surface area contributed by atoms with Crippen LogP contribution in [0.5, 0.6) is 0 Å². The summed E-state index contributed by atoms with van der Waals surface area (Å²) in [7, 11) is 0. The van der Waals surface area contributed by atoms with E-state index >= 15 is 0 Å². The average molecular weight is 936 g/mol. The zero-order valence-electron chi connectivity index (χ0n) is 38.3. The van der Waals surface area contributed by atoms with Gasteiger partial charge >= 0.3 is 17.9 Å². The van der Waals surface area contributed by atoms with E-state index in [1.54, 1.807) is 58.0 Å². The van der Waals surface area contributed by atoms with Crippen molar-refractivity contribution in [3.63, 3.8) is 0 Å². The van der Waals surface area contributed by atoms with E-state index in [-0.39, 0.29) is 25.7 Å². The van der Waals surface area contributed by atoms with Crippen molar-refractivity contribution in [3.05, 3.63) is 35.9 Å². The highest BCUT2D eigenvalue weighted by Gasteiger charge is 2.36. The fourth-order valence-corrected chi connectivity index (χ4v) is 6.40. The Balaban J connectivity index is 3.43. The Morgan fingerprint density at radius 2 is 0.924 bits per heavy atom. The third-order valence-electron chi connectivity index (χ3n) is 10.2. The Bertz CT molecular complexity index is 1810. The zero-order valence-corrected chi connectivity index (χ0v) is 38.3. The Morgan fingerprint density at radius 1 is 0.515 bits per heavy atom. The molecular weight excluding hydrogens is 867 g/mol. The second kappa shape index (κ2) is 29.4. The Labute approximate surface area is 383 Å². The quantitative estimate of drug-likeness (QED) is 0.0358. The maximum atomic E-state index is 14.0. The summed E-state index contributed by atoms with van der Waals surface area (Å²) in [6, 6.07) is -2.69. The highest BCUT2D eigenvalue weighted by molar-refractivity contribution is 5.98. The van der Waals surface area contributed by atoms with Crippen LogP contribution < -0.4 is 48.7 Å². The van der Waals surface area contributed by atoms with Gasteiger partial charge in [0.2, 0.25) is 41.4 Å². The van der Waals surface area contributed by atoms with E-state index in [4.69, 9.17) is 11.5 Å². The van der Waals surface area contributed by atoms with Gasteiger partial charge in [0, 0.05) is 25.7 Å². The van der Waals surface area contributed by atoms with Crippen LogP contribution in [-0.2, 0) is 54.4 Å². The number of rotatable bonds is 31. The molecule has 0 aromatic heterocycles. The number of carboxylic acid groups (broad SMARTS) is 3. The molecule has 9 atom stereocenters. The van der Waals surface area contributed by atoms with Crippen molar-refractivity contribution >= 4 is 59.3 Å². The molecule has 0 aliphatic carbocycles. The van der Waals surface area contributed by atoms with Gasteiger partial charge in [-0.15, -0.1) is 0 Å². The molecule has 23 nitrogen and oxygen atoms in total. The molecule has 0 bridgehead atoms. The van der Waals surface area contributed by atoms with E-state index in [0.29, 0.717) is 24.9 Å². The Kier molecular flexibility index (Phi) is 25.7. The minimum absolute atomic E-state index is 0.0421. The molecule has 370 valence electrons. The summed E-state index contributed by atoms with van der Waals surface area (Å²) in [5.41, 5.74) is 11.7. The fraction of sp³-hybridized carbons (Fsp3) is 0.628. The summed E-state index contributed by atoms with van der Waals surface area (Å²) in [6.45, 7) is 9.22. The van der Waals surface area contributed by atoms with Crippen molar-refractivity contribution < 1.29 is 68.4 Å². The van der Waals surface area contributed by atoms with Crippen molar-refractivity contribution in [1.82, 2.24) is 37.2 Å². The Hall–Kier alpha value is -6.20. The van der Waals surface area contributed by atoms with E-state index in [9.17, 15) is 68.4 Å². The van der Waals surface area contributed by atoms with E-state index in [1.807, 2.05) is 0 Å². The lowest BCUT2D eigenvalue weighted by atomic mass is 9.99. The number of hydrogen-bond acceptors (Lipinski definition) is 13. The number of nitrogens with two attached hydrogens (primary N) is 2. The number of amides is 7. The number of benzene rings is 1. The van der Waals surface area contributed by atoms with Crippen molar-refractivity contribution in [2.75, 3.05) is 6.54 Å². The van der Waals surface area contributed by atoms with Gasteiger partial charge in [-0.25, -0.2) is 4.79 Å². The first kappa shape index (κ1) is 57.8. The van der Waals surface area contributed by atoms with Gasteiger partial charge in [-0.05, 0) is 69.9 Å².